The number of hydrogen-bond acceptors (Lipinski definition) is 1. The number of anilines is 1. The molecule has 0 aromatic heterocycles. The second kappa shape index (κ2) is 3.66. The summed E-state index contributed by atoms with van der Waals surface area (Å²) in [6.07, 6.45) is 0.996. The van der Waals surface area contributed by atoms with Gasteiger partial charge in [-0.25, -0.2) is 0 Å². The van der Waals surface area contributed by atoms with Crippen molar-refractivity contribution >= 4 is 24.1 Å². The topological polar surface area (TPSA) is 53.1 Å². The number of nitrogens with one attached hydrogen (secondary N) is 1. The summed E-state index contributed by atoms with van der Waals surface area (Å²) in [4.78, 5) is 1.83. The first-order chi connectivity index (χ1) is 5.79. The van der Waals surface area contributed by atoms with Crippen LogP contribution >= 0.6 is 12.4 Å². The highest BCUT2D eigenvalue weighted by Crippen LogP contribution is 2.26. The van der Waals surface area contributed by atoms with Crippen LogP contribution in [0.1, 0.15) is 5.56 Å². The van der Waals surface area contributed by atoms with Gasteiger partial charge in [0.2, 0.25) is 0 Å². The Morgan fingerprint density at radius 2 is 2.08 bits per heavy atom. The number of nitrogens with zero attached hydrogens (tertiary/aromatic N) is 1. The first kappa shape index (κ1) is 9.86. The molecule has 0 radical (unpaired) electrons. The molecule has 3 N–H and O–H groups in total. The molecule has 0 saturated heterocycles. The summed E-state index contributed by atoms with van der Waals surface area (Å²) in [5.41, 5.74) is 7.79. The number of nitrogens with two attached hydrogens (primary N) is 1. The maximum absolute atomic E-state index is 7.33. The maximum atomic E-state index is 7.33. The molecular formula is C9H12ClN3. The van der Waals surface area contributed by atoms with E-state index in [1.807, 2.05) is 23.1 Å². The molecule has 1 heterocycles. The van der Waals surface area contributed by atoms with Gasteiger partial charge >= 0.3 is 0 Å². The third-order valence-corrected chi connectivity index (χ3v) is 2.18. The molecule has 13 heavy (non-hydrogen) atoms. The van der Waals surface area contributed by atoms with Gasteiger partial charge in [-0.15, -0.1) is 12.4 Å². The van der Waals surface area contributed by atoms with E-state index in [-0.39, 0.29) is 18.4 Å². The number of fused-ring (bicyclic) bond motifs is 1. The smallest absolute Gasteiger partial charge is 0.192 e. The summed E-state index contributed by atoms with van der Waals surface area (Å²) in [6.45, 7) is 0.842. The average Bonchev–Trinajstić information content (AvgIpc) is 2.47. The van der Waals surface area contributed by atoms with Crippen molar-refractivity contribution in [2.75, 3.05) is 11.4 Å². The van der Waals surface area contributed by atoms with Crippen molar-refractivity contribution < 1.29 is 0 Å². The van der Waals surface area contributed by atoms with Crippen LogP contribution in [0.4, 0.5) is 5.69 Å². The molecule has 0 amide bonds. The molecule has 1 aliphatic rings. The number of guanidine groups is 1. The molecule has 0 fully saturated rings. The minimum absolute atomic E-state index is 0. The lowest BCUT2D eigenvalue weighted by Gasteiger charge is -2.15. The average molecular weight is 198 g/mol. The standard InChI is InChI=1S/C9H11N3.ClH/c10-9(11)12-6-5-7-3-1-2-4-8(7)12;/h1-4H,5-6H2,(H3,10,11);1H. The normalized spacial score (nSPS) is 13.4. The molecule has 2 rings (SSSR count). The lowest BCUT2D eigenvalue weighted by molar-refractivity contribution is 1.01. The Balaban J connectivity index is 0.000000845. The molecule has 0 aliphatic carbocycles. The second-order valence-corrected chi connectivity index (χ2v) is 2.92. The van der Waals surface area contributed by atoms with Crippen molar-refractivity contribution in [1.29, 1.82) is 5.41 Å². The maximum Gasteiger partial charge on any atom is 0.192 e. The lowest BCUT2D eigenvalue weighted by Crippen LogP contribution is -2.34. The second-order valence-electron chi connectivity index (χ2n) is 2.92. The monoisotopic (exact) mass is 197 g/mol. The number of hydrogen-bond donors (Lipinski definition) is 2. The summed E-state index contributed by atoms with van der Waals surface area (Å²) in [5.74, 6) is 0.139. The molecule has 1 aromatic carbocycles. The molecule has 0 atom stereocenters. The van der Waals surface area contributed by atoms with Gasteiger partial charge in [-0.1, -0.05) is 18.2 Å². The van der Waals surface area contributed by atoms with Crippen LogP contribution in [-0.2, 0) is 6.42 Å². The van der Waals surface area contributed by atoms with E-state index in [1.54, 1.807) is 0 Å². The quantitative estimate of drug-likeness (QED) is 0.488. The van der Waals surface area contributed by atoms with E-state index in [1.165, 1.54) is 5.56 Å². The summed E-state index contributed by atoms with van der Waals surface area (Å²) in [7, 11) is 0. The highest BCUT2D eigenvalue weighted by Gasteiger charge is 2.19. The third-order valence-electron chi connectivity index (χ3n) is 2.18. The molecule has 70 valence electrons. The predicted octanol–water partition coefficient (Wildman–Crippen LogP) is 1.36. The zero-order valence-electron chi connectivity index (χ0n) is 7.16. The number of halogens is 1. The van der Waals surface area contributed by atoms with Gasteiger partial charge in [0, 0.05) is 12.2 Å². The van der Waals surface area contributed by atoms with E-state index in [0.717, 1.165) is 18.7 Å². The van der Waals surface area contributed by atoms with Crippen LogP contribution in [0, 0.1) is 5.41 Å². The van der Waals surface area contributed by atoms with Gasteiger partial charge in [0.25, 0.3) is 0 Å². The van der Waals surface area contributed by atoms with Crippen LogP contribution in [-0.4, -0.2) is 12.5 Å². The van der Waals surface area contributed by atoms with Gasteiger partial charge in [-0.05, 0) is 18.1 Å². The van der Waals surface area contributed by atoms with Crippen molar-refractivity contribution in [3.63, 3.8) is 0 Å². The molecule has 1 aromatic rings. The molecule has 4 heteroatoms. The molecule has 0 spiro atoms. The van der Waals surface area contributed by atoms with Crippen LogP contribution in [0.15, 0.2) is 24.3 Å². The Labute approximate surface area is 83.5 Å². The Bertz CT molecular complexity index is 324. The van der Waals surface area contributed by atoms with Gasteiger partial charge in [0.15, 0.2) is 5.96 Å². The van der Waals surface area contributed by atoms with Crippen LogP contribution in [0.25, 0.3) is 0 Å². The zero-order chi connectivity index (χ0) is 8.55. The van der Waals surface area contributed by atoms with Crippen LogP contribution in [0.2, 0.25) is 0 Å². The van der Waals surface area contributed by atoms with Gasteiger partial charge in [-0.2, -0.15) is 0 Å². The Kier molecular flexibility index (Phi) is 2.78. The van der Waals surface area contributed by atoms with Gasteiger partial charge < -0.3 is 10.6 Å². The summed E-state index contributed by atoms with van der Waals surface area (Å²) >= 11 is 0. The fraction of sp³-hybridized carbons (Fsp3) is 0.222. The molecule has 0 saturated carbocycles. The Morgan fingerprint density at radius 1 is 1.38 bits per heavy atom. The number of rotatable bonds is 0. The largest absolute Gasteiger partial charge is 0.370 e. The fourth-order valence-corrected chi connectivity index (χ4v) is 1.59. The van der Waals surface area contributed by atoms with Crippen LogP contribution in [0.5, 0.6) is 0 Å². The summed E-state index contributed by atoms with van der Waals surface area (Å²) in [6, 6.07) is 8.07. The minimum Gasteiger partial charge on any atom is -0.370 e. The minimum atomic E-state index is 0. The van der Waals surface area contributed by atoms with Gasteiger partial charge in [0.05, 0.1) is 0 Å². The molecule has 0 unspecified atom stereocenters. The van der Waals surface area contributed by atoms with E-state index in [0.29, 0.717) is 0 Å². The van der Waals surface area contributed by atoms with Gasteiger partial charge in [-0.3, -0.25) is 5.41 Å². The third kappa shape index (κ3) is 1.60. The first-order valence-corrected chi connectivity index (χ1v) is 3.98. The molecule has 1 aliphatic heterocycles. The van der Waals surface area contributed by atoms with Crippen molar-refractivity contribution in [1.82, 2.24) is 0 Å². The first-order valence-electron chi connectivity index (χ1n) is 3.98. The van der Waals surface area contributed by atoms with Crippen molar-refractivity contribution in [2.45, 2.75) is 6.42 Å². The number of para-hydroxylation sites is 1. The van der Waals surface area contributed by atoms with E-state index >= 15 is 0 Å². The van der Waals surface area contributed by atoms with Crippen molar-refractivity contribution in [2.24, 2.45) is 5.73 Å². The summed E-state index contributed by atoms with van der Waals surface area (Å²) < 4.78 is 0. The molecule has 0 bridgehead atoms. The van der Waals surface area contributed by atoms with Crippen LogP contribution < -0.4 is 10.6 Å². The SMILES string of the molecule is Cl.N=C(N)N1CCc2ccccc21. The predicted molar refractivity (Wildman–Crippen MR) is 56.7 cm³/mol. The number of benzene rings is 1. The molecular weight excluding hydrogens is 186 g/mol. The van der Waals surface area contributed by atoms with E-state index in [2.05, 4.69) is 6.07 Å². The zero-order valence-corrected chi connectivity index (χ0v) is 7.97. The Morgan fingerprint density at radius 3 is 2.77 bits per heavy atom. The fourth-order valence-electron chi connectivity index (χ4n) is 1.59. The van der Waals surface area contributed by atoms with Gasteiger partial charge in [0.1, 0.15) is 0 Å². The highest BCUT2D eigenvalue weighted by molar-refractivity contribution is 5.94. The van der Waals surface area contributed by atoms with Crippen LogP contribution in [0.3, 0.4) is 0 Å². The van der Waals surface area contributed by atoms with E-state index in [4.69, 9.17) is 11.1 Å². The highest BCUT2D eigenvalue weighted by atomic mass is 35.5. The summed E-state index contributed by atoms with van der Waals surface area (Å²) in [5, 5.41) is 7.33. The van der Waals surface area contributed by atoms with E-state index in [9.17, 15) is 0 Å². The molecule has 3 nitrogen and oxygen atoms in total. The Hall–Kier alpha value is -1.22. The van der Waals surface area contributed by atoms with Crippen molar-refractivity contribution in [3.8, 4) is 0 Å². The van der Waals surface area contributed by atoms with Crippen molar-refractivity contribution in [3.05, 3.63) is 29.8 Å². The lowest BCUT2D eigenvalue weighted by atomic mass is 10.2. The van der Waals surface area contributed by atoms with E-state index < -0.39 is 0 Å².